The summed E-state index contributed by atoms with van der Waals surface area (Å²) in [5.74, 6) is -0.300. The van der Waals surface area contributed by atoms with Crippen molar-refractivity contribution >= 4 is 5.91 Å². The monoisotopic (exact) mass is 324 g/mol. The molecule has 1 heterocycles. The van der Waals surface area contributed by atoms with Gasteiger partial charge in [-0.05, 0) is 30.5 Å². The third kappa shape index (κ3) is 6.25. The van der Waals surface area contributed by atoms with E-state index in [1.165, 1.54) is 12.1 Å². The molecule has 0 saturated carbocycles. The van der Waals surface area contributed by atoms with E-state index in [1.54, 1.807) is 18.1 Å². The van der Waals surface area contributed by atoms with Crippen LogP contribution in [0.2, 0.25) is 0 Å². The zero-order valence-electron chi connectivity index (χ0n) is 13.6. The fourth-order valence-electron chi connectivity index (χ4n) is 2.63. The van der Waals surface area contributed by atoms with Crippen LogP contribution in [-0.4, -0.2) is 56.9 Å². The molecule has 1 N–H and O–H groups in total. The molecule has 0 spiro atoms. The largest absolute Gasteiger partial charge is 0.383 e. The highest BCUT2D eigenvalue weighted by Gasteiger charge is 2.22. The maximum atomic E-state index is 13.4. The minimum atomic E-state index is -0.287. The Hall–Kier alpha value is -1.50. The summed E-state index contributed by atoms with van der Waals surface area (Å²) in [5, 5.41) is 3.06. The van der Waals surface area contributed by atoms with Gasteiger partial charge < -0.3 is 19.7 Å². The summed E-state index contributed by atoms with van der Waals surface area (Å²) in [6, 6.07) is 6.36. The Bertz CT molecular complexity index is 492. The number of amides is 1. The number of hydrogen-bond acceptors (Lipinski definition) is 4. The van der Waals surface area contributed by atoms with Gasteiger partial charge in [0.25, 0.3) is 0 Å². The van der Waals surface area contributed by atoms with Gasteiger partial charge in [-0.25, -0.2) is 4.39 Å². The molecule has 0 aromatic heterocycles. The summed E-state index contributed by atoms with van der Waals surface area (Å²) >= 11 is 0. The normalized spacial score (nSPS) is 17.4. The predicted molar refractivity (Wildman–Crippen MR) is 85.5 cm³/mol. The molecule has 6 heteroatoms. The second-order valence-corrected chi connectivity index (χ2v) is 5.71. The molecule has 2 rings (SSSR count). The first kappa shape index (κ1) is 17.8. The van der Waals surface area contributed by atoms with Crippen molar-refractivity contribution in [2.45, 2.75) is 25.5 Å². The molecule has 1 aromatic rings. The summed E-state index contributed by atoms with van der Waals surface area (Å²) in [5.41, 5.74) is 0.785. The molecule has 0 bridgehead atoms. The lowest BCUT2D eigenvalue weighted by molar-refractivity contribution is -0.132. The molecule has 1 saturated heterocycles. The van der Waals surface area contributed by atoms with Crippen LogP contribution in [0.4, 0.5) is 4.39 Å². The highest BCUT2D eigenvalue weighted by molar-refractivity contribution is 5.78. The molecule has 1 fully saturated rings. The topological polar surface area (TPSA) is 50.8 Å². The van der Waals surface area contributed by atoms with Gasteiger partial charge in [0.05, 0.1) is 19.3 Å². The number of carbonyl (C=O) groups excluding carboxylic acids is 1. The fourth-order valence-corrected chi connectivity index (χ4v) is 2.63. The van der Waals surface area contributed by atoms with E-state index in [0.717, 1.165) is 25.0 Å². The van der Waals surface area contributed by atoms with E-state index < -0.39 is 0 Å². The van der Waals surface area contributed by atoms with Crippen molar-refractivity contribution in [3.63, 3.8) is 0 Å². The Kier molecular flexibility index (Phi) is 7.45. The van der Waals surface area contributed by atoms with Gasteiger partial charge in [0.2, 0.25) is 5.91 Å². The number of rotatable bonds is 9. The first-order chi connectivity index (χ1) is 11.2. The number of ether oxygens (including phenoxy) is 2. The van der Waals surface area contributed by atoms with Crippen LogP contribution in [-0.2, 0) is 20.8 Å². The van der Waals surface area contributed by atoms with E-state index in [-0.39, 0.29) is 24.4 Å². The highest BCUT2D eigenvalue weighted by atomic mass is 19.1. The van der Waals surface area contributed by atoms with Crippen LogP contribution in [0.3, 0.4) is 0 Å². The maximum Gasteiger partial charge on any atom is 0.236 e. The molecule has 128 valence electrons. The zero-order chi connectivity index (χ0) is 16.5. The number of halogens is 1. The molecule has 1 unspecified atom stereocenters. The first-order valence-corrected chi connectivity index (χ1v) is 8.02. The first-order valence-electron chi connectivity index (χ1n) is 8.02. The summed E-state index contributed by atoms with van der Waals surface area (Å²) in [6.07, 6.45) is 2.06. The molecule has 0 radical (unpaired) electrons. The fraction of sp³-hybridized carbons (Fsp3) is 0.588. The Morgan fingerprint density at radius 3 is 3.09 bits per heavy atom. The quantitative estimate of drug-likeness (QED) is 0.701. The second-order valence-electron chi connectivity index (χ2n) is 5.71. The van der Waals surface area contributed by atoms with Crippen LogP contribution in [0.1, 0.15) is 18.4 Å². The molecule has 1 aliphatic rings. The summed E-state index contributed by atoms with van der Waals surface area (Å²) in [6.45, 7) is 3.10. The predicted octanol–water partition coefficient (Wildman–Crippen LogP) is 1.57. The third-order valence-electron chi connectivity index (χ3n) is 3.82. The van der Waals surface area contributed by atoms with Crippen molar-refractivity contribution in [1.29, 1.82) is 0 Å². The SMILES string of the molecule is COCCNCC(=O)N(Cc1cccc(F)c1)CC1CCCO1. The van der Waals surface area contributed by atoms with Crippen LogP contribution in [0.15, 0.2) is 24.3 Å². The van der Waals surface area contributed by atoms with E-state index >= 15 is 0 Å². The molecule has 1 aromatic carbocycles. The van der Waals surface area contributed by atoms with Crippen LogP contribution in [0.5, 0.6) is 0 Å². The minimum absolute atomic E-state index is 0.0131. The Labute approximate surface area is 136 Å². The number of carbonyl (C=O) groups is 1. The molecule has 23 heavy (non-hydrogen) atoms. The lowest BCUT2D eigenvalue weighted by Gasteiger charge is -2.26. The van der Waals surface area contributed by atoms with E-state index in [1.807, 2.05) is 6.07 Å². The molecule has 1 aliphatic heterocycles. The summed E-state index contributed by atoms with van der Waals surface area (Å²) in [4.78, 5) is 14.2. The standard InChI is InChI=1S/C17H25FN2O3/c1-22-9-7-19-11-17(21)20(13-16-6-3-8-23-16)12-14-4-2-5-15(18)10-14/h2,4-5,10,16,19H,3,6-9,11-13H2,1H3. The molecule has 0 aliphatic carbocycles. The Morgan fingerprint density at radius 2 is 2.39 bits per heavy atom. The number of methoxy groups -OCH3 is 1. The van der Waals surface area contributed by atoms with Crippen molar-refractivity contribution in [2.75, 3.05) is 40.0 Å². The lowest BCUT2D eigenvalue weighted by atomic mass is 10.1. The van der Waals surface area contributed by atoms with Crippen LogP contribution in [0, 0.1) is 5.82 Å². The van der Waals surface area contributed by atoms with Crippen LogP contribution < -0.4 is 5.32 Å². The van der Waals surface area contributed by atoms with E-state index in [0.29, 0.717) is 26.2 Å². The molecular formula is C17H25FN2O3. The minimum Gasteiger partial charge on any atom is -0.383 e. The number of nitrogens with zero attached hydrogens (tertiary/aromatic N) is 1. The number of hydrogen-bond donors (Lipinski definition) is 1. The number of nitrogens with one attached hydrogen (secondary N) is 1. The number of benzene rings is 1. The average Bonchev–Trinajstić information content (AvgIpc) is 3.04. The van der Waals surface area contributed by atoms with Crippen molar-refractivity contribution in [3.05, 3.63) is 35.6 Å². The van der Waals surface area contributed by atoms with Crippen molar-refractivity contribution in [1.82, 2.24) is 10.2 Å². The third-order valence-corrected chi connectivity index (χ3v) is 3.82. The van der Waals surface area contributed by atoms with Gasteiger partial charge in [0.15, 0.2) is 0 Å². The molecule has 1 amide bonds. The highest BCUT2D eigenvalue weighted by Crippen LogP contribution is 2.15. The second kappa shape index (κ2) is 9.60. The molecule has 5 nitrogen and oxygen atoms in total. The van der Waals surface area contributed by atoms with Crippen molar-refractivity contribution < 1.29 is 18.7 Å². The Balaban J connectivity index is 1.94. The van der Waals surface area contributed by atoms with Gasteiger partial charge in [-0.1, -0.05) is 12.1 Å². The van der Waals surface area contributed by atoms with Gasteiger partial charge in [0, 0.05) is 33.4 Å². The van der Waals surface area contributed by atoms with Gasteiger partial charge in [-0.15, -0.1) is 0 Å². The molecule has 1 atom stereocenters. The summed E-state index contributed by atoms with van der Waals surface area (Å²) < 4.78 is 23.9. The van der Waals surface area contributed by atoms with Crippen LogP contribution >= 0.6 is 0 Å². The lowest BCUT2D eigenvalue weighted by Crippen LogP contribution is -2.42. The average molecular weight is 324 g/mol. The van der Waals surface area contributed by atoms with Gasteiger partial charge >= 0.3 is 0 Å². The van der Waals surface area contributed by atoms with E-state index in [4.69, 9.17) is 9.47 Å². The Morgan fingerprint density at radius 1 is 1.52 bits per heavy atom. The maximum absolute atomic E-state index is 13.4. The van der Waals surface area contributed by atoms with Gasteiger partial charge in [-0.3, -0.25) is 4.79 Å². The summed E-state index contributed by atoms with van der Waals surface area (Å²) in [7, 11) is 1.62. The van der Waals surface area contributed by atoms with Crippen LogP contribution in [0.25, 0.3) is 0 Å². The van der Waals surface area contributed by atoms with E-state index in [2.05, 4.69) is 5.32 Å². The smallest absolute Gasteiger partial charge is 0.236 e. The van der Waals surface area contributed by atoms with Crippen molar-refractivity contribution in [3.8, 4) is 0 Å². The zero-order valence-corrected chi connectivity index (χ0v) is 13.6. The van der Waals surface area contributed by atoms with Crippen molar-refractivity contribution in [2.24, 2.45) is 0 Å². The molecular weight excluding hydrogens is 299 g/mol. The van der Waals surface area contributed by atoms with E-state index in [9.17, 15) is 9.18 Å². The van der Waals surface area contributed by atoms with Gasteiger partial charge in [-0.2, -0.15) is 0 Å². The van der Waals surface area contributed by atoms with Gasteiger partial charge in [0.1, 0.15) is 5.82 Å².